The summed E-state index contributed by atoms with van der Waals surface area (Å²) in [4.78, 5) is 27.5. The van der Waals surface area contributed by atoms with Crippen LogP contribution in [-0.2, 0) is 29.5 Å². The zero-order valence-electron chi connectivity index (χ0n) is 23.9. The van der Waals surface area contributed by atoms with Gasteiger partial charge in [-0.15, -0.1) is 0 Å². The topological polar surface area (TPSA) is 339 Å². The second-order valence-corrected chi connectivity index (χ2v) is 12.3. The van der Waals surface area contributed by atoms with E-state index in [9.17, 15) is 74.2 Å². The van der Waals surface area contributed by atoms with E-state index in [4.69, 9.17) is 14.0 Å². The first-order chi connectivity index (χ1) is 21.8. The first-order valence-electron chi connectivity index (χ1n) is 13.9. The summed E-state index contributed by atoms with van der Waals surface area (Å²) in [6.45, 7) is -1.72. The lowest BCUT2D eigenvalue weighted by Crippen LogP contribution is -2.75. The highest BCUT2D eigenvalue weighted by Gasteiger charge is 2.67. The Morgan fingerprint density at radius 2 is 1.60 bits per heavy atom. The Labute approximate surface area is 265 Å². The number of carbonyl (C=O) groups excluding carboxylic acids is 2. The highest BCUT2D eigenvalue weighted by Crippen LogP contribution is 2.42. The van der Waals surface area contributed by atoms with Crippen LogP contribution in [0.15, 0.2) is 41.7 Å². The maximum Gasteiger partial charge on any atom is 0.446 e. The summed E-state index contributed by atoms with van der Waals surface area (Å²) < 4.78 is 45.3. The molecular formula is C27H34O19S. The summed E-state index contributed by atoms with van der Waals surface area (Å²) >= 11 is 0. The lowest BCUT2D eigenvalue weighted by molar-refractivity contribution is -0.286. The first kappa shape index (κ1) is 36.9. The standard InChI is InChI=1S/C27H34O19S/c28-7-13-17(32)20(35)22(37)26(45-13)27(40)24(38)14(11(29)6-3-9-1-4-10(5-2-9)46-47(41,42)43)18(33)15(25(27)39)19(34)23-21(36)16(31)12(30)8-44-23/h1-6,12-13,15-17,19-23,25-26,28-32,34-37,39-40H,7-8H2,(H,41,42,43)/b6-3+,14-11?. The van der Waals surface area contributed by atoms with Crippen molar-refractivity contribution in [1.82, 2.24) is 0 Å². The lowest BCUT2D eigenvalue weighted by atomic mass is 9.64. The minimum Gasteiger partial charge on any atom is -0.507 e. The highest BCUT2D eigenvalue weighted by molar-refractivity contribution is 7.81. The van der Waals surface area contributed by atoms with E-state index in [-0.39, 0.29) is 11.3 Å². The van der Waals surface area contributed by atoms with E-state index < -0.39 is 125 Å². The third-order valence-corrected chi connectivity index (χ3v) is 8.68. The molecule has 0 spiro atoms. The van der Waals surface area contributed by atoms with Gasteiger partial charge in [0.25, 0.3) is 0 Å². The molecule has 0 amide bonds. The number of ether oxygens (including phenoxy) is 2. The van der Waals surface area contributed by atoms with Crippen LogP contribution in [-0.4, -0.2) is 167 Å². The second-order valence-electron chi connectivity index (χ2n) is 11.2. The van der Waals surface area contributed by atoms with Gasteiger partial charge in [-0.05, 0) is 23.8 Å². The number of carbonyl (C=O) groups is 2. The Bertz CT molecular complexity index is 1490. The predicted molar refractivity (Wildman–Crippen MR) is 149 cm³/mol. The maximum atomic E-state index is 13.8. The minimum absolute atomic E-state index is 0.169. The van der Waals surface area contributed by atoms with Crippen LogP contribution in [0, 0.1) is 5.92 Å². The van der Waals surface area contributed by atoms with Crippen molar-refractivity contribution < 1.29 is 92.4 Å². The summed E-state index contributed by atoms with van der Waals surface area (Å²) in [5, 5.41) is 116. The molecule has 0 bridgehead atoms. The van der Waals surface area contributed by atoms with E-state index in [0.717, 1.165) is 24.3 Å². The summed E-state index contributed by atoms with van der Waals surface area (Å²) in [6, 6.07) is 4.58. The van der Waals surface area contributed by atoms with Gasteiger partial charge in [-0.1, -0.05) is 18.2 Å². The van der Waals surface area contributed by atoms with Crippen LogP contribution < -0.4 is 4.18 Å². The van der Waals surface area contributed by atoms with Gasteiger partial charge in [-0.2, -0.15) is 8.42 Å². The van der Waals surface area contributed by atoms with Gasteiger partial charge in [0.15, 0.2) is 11.4 Å². The van der Waals surface area contributed by atoms with Crippen LogP contribution in [0.25, 0.3) is 6.08 Å². The Morgan fingerprint density at radius 3 is 2.17 bits per heavy atom. The third kappa shape index (κ3) is 6.97. The summed E-state index contributed by atoms with van der Waals surface area (Å²) in [7, 11) is -4.84. The van der Waals surface area contributed by atoms with Crippen LogP contribution in [0.5, 0.6) is 5.75 Å². The summed E-state index contributed by atoms with van der Waals surface area (Å²) in [5.74, 6) is -7.27. The molecule has 13 unspecified atom stereocenters. The molecule has 20 heteroatoms. The van der Waals surface area contributed by atoms with Crippen molar-refractivity contribution in [1.29, 1.82) is 0 Å². The fourth-order valence-corrected chi connectivity index (χ4v) is 6.08. The molecule has 4 rings (SSSR count). The van der Waals surface area contributed by atoms with Gasteiger partial charge in [0.2, 0.25) is 5.78 Å². The average Bonchev–Trinajstić information content (AvgIpc) is 3.00. The molecule has 262 valence electrons. The van der Waals surface area contributed by atoms with Crippen LogP contribution in [0.4, 0.5) is 0 Å². The molecule has 1 aliphatic carbocycles. The SMILES string of the molecule is O=C1C(=C(O)/C=C/c2ccc(OS(=O)(=O)O)cc2)C(=O)C(O)(C2OC(CO)C(O)C(O)C2O)C(O)C1C(O)C1OCC(O)C(O)C1O. The fraction of sp³-hybridized carbons (Fsp3) is 0.556. The minimum atomic E-state index is -4.84. The molecule has 47 heavy (non-hydrogen) atoms. The molecule has 1 aromatic carbocycles. The molecule has 3 aliphatic rings. The molecule has 2 saturated heterocycles. The Kier molecular flexibility index (Phi) is 10.9. The van der Waals surface area contributed by atoms with Gasteiger partial charge < -0.3 is 69.8 Å². The van der Waals surface area contributed by atoms with Crippen molar-refractivity contribution in [2.75, 3.05) is 13.2 Å². The van der Waals surface area contributed by atoms with Crippen molar-refractivity contribution in [2.24, 2.45) is 5.92 Å². The smallest absolute Gasteiger partial charge is 0.446 e. The van der Waals surface area contributed by atoms with Gasteiger partial charge in [0.05, 0.1) is 25.2 Å². The number of aliphatic hydroxyl groups excluding tert-OH is 10. The molecule has 0 radical (unpaired) electrons. The van der Waals surface area contributed by atoms with Gasteiger partial charge in [0.1, 0.15) is 78.1 Å². The number of aliphatic hydroxyl groups is 11. The predicted octanol–water partition coefficient (Wildman–Crippen LogP) is -5.76. The molecular weight excluding hydrogens is 660 g/mol. The van der Waals surface area contributed by atoms with Crippen LogP contribution in [0.1, 0.15) is 5.56 Å². The number of allylic oxidation sites excluding steroid dienone is 1. The van der Waals surface area contributed by atoms with Gasteiger partial charge in [0, 0.05) is 0 Å². The summed E-state index contributed by atoms with van der Waals surface area (Å²) in [5.41, 5.74) is -4.66. The maximum absolute atomic E-state index is 13.8. The molecule has 19 nitrogen and oxygen atoms in total. The van der Waals surface area contributed by atoms with Crippen molar-refractivity contribution in [2.45, 2.75) is 72.7 Å². The second kappa shape index (κ2) is 13.9. The molecule has 2 aliphatic heterocycles. The number of benzene rings is 1. The molecule has 1 saturated carbocycles. The third-order valence-electron chi connectivity index (χ3n) is 8.27. The van der Waals surface area contributed by atoms with Crippen LogP contribution in [0.2, 0.25) is 0 Å². The summed E-state index contributed by atoms with van der Waals surface area (Å²) in [6.07, 6.45) is -21.7. The Morgan fingerprint density at radius 1 is 0.979 bits per heavy atom. The molecule has 2 heterocycles. The van der Waals surface area contributed by atoms with E-state index in [0.29, 0.717) is 0 Å². The number of hydrogen-bond acceptors (Lipinski definition) is 18. The zero-order valence-corrected chi connectivity index (χ0v) is 24.8. The Balaban J connectivity index is 1.80. The van der Waals surface area contributed by atoms with Crippen LogP contribution in [0.3, 0.4) is 0 Å². The zero-order chi connectivity index (χ0) is 35.2. The monoisotopic (exact) mass is 694 g/mol. The van der Waals surface area contributed by atoms with E-state index in [2.05, 4.69) is 4.18 Å². The Hall–Kier alpha value is -2.93. The molecule has 1 aromatic rings. The number of Topliss-reactive ketones (excluding diaryl/α,β-unsaturated/α-hetero) is 2. The molecule has 0 aromatic heterocycles. The van der Waals surface area contributed by atoms with Crippen LogP contribution >= 0.6 is 0 Å². The molecule has 12 N–H and O–H groups in total. The van der Waals surface area contributed by atoms with E-state index in [1.165, 1.54) is 12.1 Å². The lowest BCUT2D eigenvalue weighted by Gasteiger charge is -2.51. The molecule has 3 fully saturated rings. The number of ketones is 2. The van der Waals surface area contributed by atoms with Gasteiger partial charge >= 0.3 is 10.4 Å². The molecule has 13 atom stereocenters. The van der Waals surface area contributed by atoms with Gasteiger partial charge in [-0.3, -0.25) is 14.1 Å². The van der Waals surface area contributed by atoms with E-state index in [1.807, 2.05) is 0 Å². The fourth-order valence-electron chi connectivity index (χ4n) is 5.73. The largest absolute Gasteiger partial charge is 0.507 e. The van der Waals surface area contributed by atoms with Crippen molar-refractivity contribution in [3.63, 3.8) is 0 Å². The number of rotatable bonds is 8. The average molecular weight is 695 g/mol. The number of hydrogen-bond donors (Lipinski definition) is 12. The van der Waals surface area contributed by atoms with Crippen molar-refractivity contribution in [3.05, 3.63) is 47.2 Å². The van der Waals surface area contributed by atoms with E-state index >= 15 is 0 Å². The van der Waals surface area contributed by atoms with Crippen molar-refractivity contribution >= 4 is 28.0 Å². The van der Waals surface area contributed by atoms with Gasteiger partial charge in [-0.25, -0.2) is 0 Å². The first-order valence-corrected chi connectivity index (χ1v) is 15.2. The quantitative estimate of drug-likeness (QED) is 0.0522. The highest BCUT2D eigenvalue weighted by atomic mass is 32.3. The van der Waals surface area contributed by atoms with Crippen molar-refractivity contribution in [3.8, 4) is 5.75 Å². The normalized spacial score (nSPS) is 40.4. The van der Waals surface area contributed by atoms with E-state index in [1.54, 1.807) is 0 Å².